The molecule has 0 bridgehead atoms. The van der Waals surface area contributed by atoms with Gasteiger partial charge in [-0.3, -0.25) is 4.79 Å². The van der Waals surface area contributed by atoms with Gasteiger partial charge in [-0.2, -0.15) is 0 Å². The number of carbonyl (C=O) groups is 1. The minimum atomic E-state index is -0.773. The summed E-state index contributed by atoms with van der Waals surface area (Å²) < 4.78 is 0. The van der Waals surface area contributed by atoms with Crippen LogP contribution in [0.5, 0.6) is 0 Å². The van der Waals surface area contributed by atoms with E-state index in [1.54, 1.807) is 6.20 Å². The van der Waals surface area contributed by atoms with Crippen molar-refractivity contribution in [1.29, 1.82) is 0 Å². The number of anilines is 2. The zero-order chi connectivity index (χ0) is 12.8. The van der Waals surface area contributed by atoms with Gasteiger partial charge >= 0.3 is 5.97 Å². The van der Waals surface area contributed by atoms with E-state index in [2.05, 4.69) is 10.3 Å². The van der Waals surface area contributed by atoms with Crippen LogP contribution in [0.15, 0.2) is 48.7 Å². The van der Waals surface area contributed by atoms with Crippen LogP contribution in [0.2, 0.25) is 0 Å². The first-order valence-electron chi connectivity index (χ1n) is 5.73. The molecule has 2 N–H and O–H groups in total. The standard InChI is InChI=1S/C14H14N2O2/c17-14(18)9-6-11-4-7-12(8-5-11)16-13-3-1-2-10-15-13/h1-5,7-8,10H,6,9H2,(H,15,16)(H,17,18). The van der Waals surface area contributed by atoms with Gasteiger partial charge in [0.25, 0.3) is 0 Å². The molecule has 4 nitrogen and oxygen atoms in total. The van der Waals surface area contributed by atoms with Crippen molar-refractivity contribution < 1.29 is 9.90 Å². The Bertz CT molecular complexity index is 509. The number of carboxylic acid groups (broad SMARTS) is 1. The lowest BCUT2D eigenvalue weighted by Gasteiger charge is -2.06. The fourth-order valence-corrected chi connectivity index (χ4v) is 1.59. The maximum Gasteiger partial charge on any atom is 0.303 e. The average Bonchev–Trinajstić information content (AvgIpc) is 2.39. The summed E-state index contributed by atoms with van der Waals surface area (Å²) in [6.07, 6.45) is 2.44. The van der Waals surface area contributed by atoms with Crippen LogP contribution in [0.4, 0.5) is 11.5 Å². The van der Waals surface area contributed by atoms with Crippen molar-refractivity contribution in [3.05, 3.63) is 54.2 Å². The zero-order valence-electron chi connectivity index (χ0n) is 9.84. The Morgan fingerprint density at radius 2 is 1.94 bits per heavy atom. The third-order valence-electron chi connectivity index (χ3n) is 2.52. The number of pyridine rings is 1. The van der Waals surface area contributed by atoms with Crippen molar-refractivity contribution in [3.63, 3.8) is 0 Å². The van der Waals surface area contributed by atoms with E-state index in [9.17, 15) is 4.79 Å². The second kappa shape index (κ2) is 5.82. The molecular weight excluding hydrogens is 228 g/mol. The molecule has 92 valence electrons. The predicted octanol–water partition coefficient (Wildman–Crippen LogP) is 2.84. The molecule has 2 rings (SSSR count). The van der Waals surface area contributed by atoms with Crippen LogP contribution in [0.25, 0.3) is 0 Å². The van der Waals surface area contributed by atoms with Crippen LogP contribution in [-0.4, -0.2) is 16.1 Å². The second-order valence-electron chi connectivity index (χ2n) is 3.93. The summed E-state index contributed by atoms with van der Waals surface area (Å²) >= 11 is 0. The molecule has 0 aliphatic carbocycles. The Morgan fingerprint density at radius 1 is 1.17 bits per heavy atom. The SMILES string of the molecule is O=C(O)CCc1ccc(Nc2ccccn2)cc1. The number of rotatable bonds is 5. The maximum absolute atomic E-state index is 10.5. The molecule has 0 amide bonds. The van der Waals surface area contributed by atoms with Gasteiger partial charge in [0, 0.05) is 18.3 Å². The highest BCUT2D eigenvalue weighted by Crippen LogP contribution is 2.15. The molecule has 0 radical (unpaired) electrons. The van der Waals surface area contributed by atoms with Gasteiger partial charge in [-0.1, -0.05) is 18.2 Å². The Kier molecular flexibility index (Phi) is 3.91. The van der Waals surface area contributed by atoms with Crippen molar-refractivity contribution in [1.82, 2.24) is 4.98 Å². The number of nitrogens with one attached hydrogen (secondary N) is 1. The molecule has 0 fully saturated rings. The van der Waals surface area contributed by atoms with Gasteiger partial charge in [0.05, 0.1) is 0 Å². The molecule has 0 spiro atoms. The van der Waals surface area contributed by atoms with Crippen molar-refractivity contribution >= 4 is 17.5 Å². The van der Waals surface area contributed by atoms with E-state index in [0.717, 1.165) is 17.1 Å². The summed E-state index contributed by atoms with van der Waals surface area (Å²) in [4.78, 5) is 14.6. The highest BCUT2D eigenvalue weighted by atomic mass is 16.4. The van der Waals surface area contributed by atoms with Crippen LogP contribution >= 0.6 is 0 Å². The van der Waals surface area contributed by atoms with Crippen molar-refractivity contribution in [3.8, 4) is 0 Å². The van der Waals surface area contributed by atoms with E-state index in [-0.39, 0.29) is 6.42 Å². The van der Waals surface area contributed by atoms with Crippen molar-refractivity contribution in [2.45, 2.75) is 12.8 Å². The summed E-state index contributed by atoms with van der Waals surface area (Å²) in [5.74, 6) is 0.0153. The highest BCUT2D eigenvalue weighted by Gasteiger charge is 2.00. The van der Waals surface area contributed by atoms with Crippen LogP contribution in [0.1, 0.15) is 12.0 Å². The topological polar surface area (TPSA) is 62.2 Å². The quantitative estimate of drug-likeness (QED) is 0.846. The van der Waals surface area contributed by atoms with E-state index in [1.165, 1.54) is 0 Å². The van der Waals surface area contributed by atoms with Gasteiger partial charge in [-0.25, -0.2) is 4.98 Å². The first kappa shape index (κ1) is 12.1. The van der Waals surface area contributed by atoms with Crippen LogP contribution < -0.4 is 5.32 Å². The number of aliphatic carboxylic acids is 1. The normalized spacial score (nSPS) is 10.0. The number of carboxylic acids is 1. The molecule has 0 atom stereocenters. The van der Waals surface area contributed by atoms with Gasteiger partial charge in [0.15, 0.2) is 0 Å². The molecule has 0 aliphatic rings. The molecule has 0 aliphatic heterocycles. The first-order valence-corrected chi connectivity index (χ1v) is 5.73. The summed E-state index contributed by atoms with van der Waals surface area (Å²) in [5, 5.41) is 11.8. The molecule has 2 aromatic rings. The fraction of sp³-hybridized carbons (Fsp3) is 0.143. The summed E-state index contributed by atoms with van der Waals surface area (Å²) in [7, 11) is 0. The minimum absolute atomic E-state index is 0.160. The van der Waals surface area contributed by atoms with E-state index < -0.39 is 5.97 Å². The van der Waals surface area contributed by atoms with E-state index in [0.29, 0.717) is 6.42 Å². The maximum atomic E-state index is 10.5. The molecule has 18 heavy (non-hydrogen) atoms. The molecule has 1 heterocycles. The third-order valence-corrected chi connectivity index (χ3v) is 2.52. The molecule has 1 aromatic carbocycles. The number of aryl methyl sites for hydroxylation is 1. The van der Waals surface area contributed by atoms with Gasteiger partial charge in [0.2, 0.25) is 0 Å². The first-order chi connectivity index (χ1) is 8.74. The Hall–Kier alpha value is -2.36. The van der Waals surface area contributed by atoms with Crippen LogP contribution in [0.3, 0.4) is 0 Å². The summed E-state index contributed by atoms with van der Waals surface area (Å²) in [5.41, 5.74) is 1.96. The Balaban J connectivity index is 1.97. The van der Waals surface area contributed by atoms with E-state index >= 15 is 0 Å². The predicted molar refractivity (Wildman–Crippen MR) is 69.9 cm³/mol. The number of aromatic nitrogens is 1. The molecule has 4 heteroatoms. The van der Waals surface area contributed by atoms with Gasteiger partial charge < -0.3 is 10.4 Å². The fourth-order valence-electron chi connectivity index (χ4n) is 1.59. The molecule has 0 unspecified atom stereocenters. The monoisotopic (exact) mass is 242 g/mol. The number of hydrogen-bond acceptors (Lipinski definition) is 3. The highest BCUT2D eigenvalue weighted by molar-refractivity contribution is 5.67. The largest absolute Gasteiger partial charge is 0.481 e. The smallest absolute Gasteiger partial charge is 0.303 e. The Morgan fingerprint density at radius 3 is 2.56 bits per heavy atom. The van der Waals surface area contributed by atoms with Crippen LogP contribution in [-0.2, 0) is 11.2 Å². The molecular formula is C14H14N2O2. The lowest BCUT2D eigenvalue weighted by Crippen LogP contribution is -1.97. The third kappa shape index (κ3) is 3.59. The zero-order valence-corrected chi connectivity index (χ0v) is 9.84. The molecule has 0 saturated heterocycles. The van der Waals surface area contributed by atoms with Gasteiger partial charge in [-0.15, -0.1) is 0 Å². The van der Waals surface area contributed by atoms with Crippen LogP contribution in [0, 0.1) is 0 Å². The molecule has 1 aromatic heterocycles. The van der Waals surface area contributed by atoms with Gasteiger partial charge in [0.1, 0.15) is 5.82 Å². The summed E-state index contributed by atoms with van der Waals surface area (Å²) in [6, 6.07) is 13.4. The number of benzene rings is 1. The number of hydrogen-bond donors (Lipinski definition) is 2. The van der Waals surface area contributed by atoms with Crippen molar-refractivity contribution in [2.24, 2.45) is 0 Å². The lowest BCUT2D eigenvalue weighted by atomic mass is 10.1. The van der Waals surface area contributed by atoms with Gasteiger partial charge in [-0.05, 0) is 36.2 Å². The van der Waals surface area contributed by atoms with E-state index in [4.69, 9.17) is 5.11 Å². The van der Waals surface area contributed by atoms with Crippen molar-refractivity contribution in [2.75, 3.05) is 5.32 Å². The second-order valence-corrected chi connectivity index (χ2v) is 3.93. The average molecular weight is 242 g/mol. The Labute approximate surface area is 105 Å². The minimum Gasteiger partial charge on any atom is -0.481 e. The lowest BCUT2D eigenvalue weighted by molar-refractivity contribution is -0.136. The molecule has 0 saturated carbocycles. The summed E-state index contributed by atoms with van der Waals surface area (Å²) in [6.45, 7) is 0. The van der Waals surface area contributed by atoms with E-state index in [1.807, 2.05) is 42.5 Å². The number of nitrogens with zero attached hydrogens (tertiary/aromatic N) is 1.